The molecule has 1 aromatic rings. The summed E-state index contributed by atoms with van der Waals surface area (Å²) in [5, 5.41) is 0. The van der Waals surface area contributed by atoms with E-state index in [0.717, 1.165) is 10.0 Å². The zero-order valence-corrected chi connectivity index (χ0v) is 12.3. The highest BCUT2D eigenvalue weighted by atomic mass is 79.9. The molecule has 0 fully saturated rings. The molecule has 0 heterocycles. The SMILES string of the molecule is Cc1cc(C(=O)N(C)CCC(N)=S)ccc1Br. The lowest BCUT2D eigenvalue weighted by atomic mass is 10.1. The molecule has 0 saturated heterocycles. The van der Waals surface area contributed by atoms with Gasteiger partial charge in [-0.3, -0.25) is 4.79 Å². The highest BCUT2D eigenvalue weighted by Gasteiger charge is 2.12. The molecule has 0 radical (unpaired) electrons. The molecule has 3 nitrogen and oxygen atoms in total. The van der Waals surface area contributed by atoms with Crippen LogP contribution >= 0.6 is 28.1 Å². The Morgan fingerprint density at radius 1 is 1.53 bits per heavy atom. The maximum absolute atomic E-state index is 12.0. The maximum Gasteiger partial charge on any atom is 0.253 e. The van der Waals surface area contributed by atoms with Crippen molar-refractivity contribution in [2.75, 3.05) is 13.6 Å². The molecule has 0 bridgehead atoms. The first-order valence-electron chi connectivity index (χ1n) is 5.21. The number of amides is 1. The summed E-state index contributed by atoms with van der Waals surface area (Å²) in [6.07, 6.45) is 0.549. The van der Waals surface area contributed by atoms with Crippen LogP contribution in [0.25, 0.3) is 0 Å². The molecule has 0 aliphatic carbocycles. The number of nitrogens with zero attached hydrogens (tertiary/aromatic N) is 1. The topological polar surface area (TPSA) is 46.3 Å². The molecule has 1 amide bonds. The van der Waals surface area contributed by atoms with Gasteiger partial charge in [-0.15, -0.1) is 0 Å². The van der Waals surface area contributed by atoms with E-state index >= 15 is 0 Å². The lowest BCUT2D eigenvalue weighted by Gasteiger charge is -2.17. The third kappa shape index (κ3) is 4.09. The van der Waals surface area contributed by atoms with Gasteiger partial charge in [0, 0.05) is 30.0 Å². The summed E-state index contributed by atoms with van der Waals surface area (Å²) in [6, 6.07) is 5.55. The Balaban J connectivity index is 2.74. The fraction of sp³-hybridized carbons (Fsp3) is 0.333. The van der Waals surface area contributed by atoms with Crippen molar-refractivity contribution in [2.45, 2.75) is 13.3 Å². The van der Waals surface area contributed by atoms with Crippen molar-refractivity contribution in [1.82, 2.24) is 4.90 Å². The zero-order chi connectivity index (χ0) is 13.0. The lowest BCUT2D eigenvalue weighted by molar-refractivity contribution is 0.0799. The number of carbonyl (C=O) groups is 1. The summed E-state index contributed by atoms with van der Waals surface area (Å²) in [6.45, 7) is 2.50. The zero-order valence-electron chi connectivity index (χ0n) is 9.87. The number of aryl methyl sites for hydroxylation is 1. The Morgan fingerprint density at radius 2 is 2.18 bits per heavy atom. The molecule has 0 unspecified atom stereocenters. The summed E-state index contributed by atoms with van der Waals surface area (Å²) >= 11 is 8.20. The van der Waals surface area contributed by atoms with Gasteiger partial charge in [0.2, 0.25) is 0 Å². The Hall–Kier alpha value is -0.940. The van der Waals surface area contributed by atoms with Gasteiger partial charge in [0.15, 0.2) is 0 Å². The van der Waals surface area contributed by atoms with Gasteiger partial charge >= 0.3 is 0 Å². The highest BCUT2D eigenvalue weighted by Crippen LogP contribution is 2.17. The summed E-state index contributed by atoms with van der Waals surface area (Å²) in [7, 11) is 1.75. The van der Waals surface area contributed by atoms with Gasteiger partial charge in [-0.2, -0.15) is 0 Å². The van der Waals surface area contributed by atoms with Crippen LogP contribution < -0.4 is 5.73 Å². The van der Waals surface area contributed by atoms with Crippen LogP contribution in [0.5, 0.6) is 0 Å². The predicted molar refractivity (Wildman–Crippen MR) is 77.2 cm³/mol. The van der Waals surface area contributed by atoms with E-state index in [1.807, 2.05) is 19.1 Å². The smallest absolute Gasteiger partial charge is 0.253 e. The van der Waals surface area contributed by atoms with E-state index in [9.17, 15) is 4.79 Å². The largest absolute Gasteiger partial charge is 0.393 e. The van der Waals surface area contributed by atoms with Crippen LogP contribution in [0.15, 0.2) is 22.7 Å². The number of thiocarbonyl (C=S) groups is 1. The Labute approximate surface area is 115 Å². The van der Waals surface area contributed by atoms with Crippen LogP contribution in [-0.4, -0.2) is 29.4 Å². The predicted octanol–water partition coefficient (Wildman–Crippen LogP) is 2.51. The minimum absolute atomic E-state index is 0.0168. The van der Waals surface area contributed by atoms with Gasteiger partial charge in [-0.1, -0.05) is 28.1 Å². The van der Waals surface area contributed by atoms with Crippen molar-refractivity contribution in [1.29, 1.82) is 0 Å². The normalized spacial score (nSPS) is 10.1. The quantitative estimate of drug-likeness (QED) is 0.869. The van der Waals surface area contributed by atoms with E-state index in [0.29, 0.717) is 23.5 Å². The fourth-order valence-electron chi connectivity index (χ4n) is 1.38. The molecule has 0 spiro atoms. The van der Waals surface area contributed by atoms with Crippen molar-refractivity contribution < 1.29 is 4.79 Å². The first-order valence-corrected chi connectivity index (χ1v) is 6.42. The average Bonchev–Trinajstić information content (AvgIpc) is 2.28. The molecule has 0 aliphatic heterocycles. The molecular formula is C12H15BrN2OS. The first kappa shape index (κ1) is 14.1. The van der Waals surface area contributed by atoms with Gasteiger partial charge in [0.1, 0.15) is 0 Å². The lowest BCUT2D eigenvalue weighted by Crippen LogP contribution is -2.30. The third-order valence-corrected chi connectivity index (χ3v) is 3.54. The van der Waals surface area contributed by atoms with Crippen molar-refractivity contribution in [3.63, 3.8) is 0 Å². The molecule has 0 saturated carbocycles. The second kappa shape index (κ2) is 6.12. The molecule has 92 valence electrons. The number of carbonyl (C=O) groups excluding carboxylic acids is 1. The number of benzene rings is 1. The second-order valence-corrected chi connectivity index (χ2v) is 5.29. The number of nitrogens with two attached hydrogens (primary N) is 1. The summed E-state index contributed by atoms with van der Waals surface area (Å²) in [5.41, 5.74) is 7.13. The molecule has 0 aromatic heterocycles. The minimum atomic E-state index is -0.0168. The van der Waals surface area contributed by atoms with E-state index in [-0.39, 0.29) is 5.91 Å². The summed E-state index contributed by atoms with van der Waals surface area (Å²) in [4.78, 5) is 14.1. The van der Waals surface area contributed by atoms with Crippen LogP contribution in [0, 0.1) is 6.92 Å². The van der Waals surface area contributed by atoms with E-state index in [1.165, 1.54) is 0 Å². The van der Waals surface area contributed by atoms with Crippen LogP contribution in [-0.2, 0) is 0 Å². The Bertz CT molecular complexity index is 448. The van der Waals surface area contributed by atoms with E-state index < -0.39 is 0 Å². The third-order valence-electron chi connectivity index (χ3n) is 2.45. The maximum atomic E-state index is 12.0. The highest BCUT2D eigenvalue weighted by molar-refractivity contribution is 9.10. The molecule has 1 aromatic carbocycles. The van der Waals surface area contributed by atoms with Crippen LogP contribution in [0.2, 0.25) is 0 Å². The van der Waals surface area contributed by atoms with Gasteiger partial charge in [-0.05, 0) is 30.7 Å². The number of halogens is 1. The van der Waals surface area contributed by atoms with E-state index in [2.05, 4.69) is 15.9 Å². The van der Waals surface area contributed by atoms with Crippen LogP contribution in [0.4, 0.5) is 0 Å². The van der Waals surface area contributed by atoms with Crippen molar-refractivity contribution in [2.24, 2.45) is 5.73 Å². The van der Waals surface area contributed by atoms with Gasteiger partial charge in [0.05, 0.1) is 4.99 Å². The molecule has 0 atom stereocenters. The van der Waals surface area contributed by atoms with Gasteiger partial charge < -0.3 is 10.6 Å². The van der Waals surface area contributed by atoms with E-state index in [4.69, 9.17) is 18.0 Å². The molecule has 17 heavy (non-hydrogen) atoms. The van der Waals surface area contributed by atoms with Crippen molar-refractivity contribution in [3.8, 4) is 0 Å². The standard InChI is InChI=1S/C12H15BrN2OS/c1-8-7-9(3-4-10(8)13)12(16)15(2)6-5-11(14)17/h3-4,7H,5-6H2,1-2H3,(H2,14,17). The molecule has 5 heteroatoms. The van der Waals surface area contributed by atoms with E-state index in [1.54, 1.807) is 18.0 Å². The average molecular weight is 315 g/mol. The Morgan fingerprint density at radius 3 is 2.71 bits per heavy atom. The molecule has 2 N–H and O–H groups in total. The van der Waals surface area contributed by atoms with Crippen LogP contribution in [0.3, 0.4) is 0 Å². The monoisotopic (exact) mass is 314 g/mol. The molecular weight excluding hydrogens is 300 g/mol. The van der Waals surface area contributed by atoms with Crippen molar-refractivity contribution in [3.05, 3.63) is 33.8 Å². The first-order chi connectivity index (χ1) is 7.91. The van der Waals surface area contributed by atoms with Crippen molar-refractivity contribution >= 4 is 39.0 Å². The Kier molecular flexibility index (Phi) is 5.08. The summed E-state index contributed by atoms with van der Waals surface area (Å²) in [5.74, 6) is -0.0168. The number of hydrogen-bond donors (Lipinski definition) is 1. The summed E-state index contributed by atoms with van der Waals surface area (Å²) < 4.78 is 1.000. The molecule has 0 aliphatic rings. The minimum Gasteiger partial charge on any atom is -0.393 e. The molecule has 1 rings (SSSR count). The van der Waals surface area contributed by atoms with Crippen LogP contribution in [0.1, 0.15) is 22.3 Å². The second-order valence-electron chi connectivity index (χ2n) is 3.91. The fourth-order valence-corrected chi connectivity index (χ4v) is 1.72. The number of rotatable bonds is 4. The number of hydrogen-bond acceptors (Lipinski definition) is 2. The van der Waals surface area contributed by atoms with Gasteiger partial charge in [-0.25, -0.2) is 0 Å². The van der Waals surface area contributed by atoms with Gasteiger partial charge in [0.25, 0.3) is 5.91 Å².